The molecule has 5 heteroatoms. The minimum Gasteiger partial charge on any atom is -0.371 e. The van der Waals surface area contributed by atoms with Crippen molar-refractivity contribution in [1.82, 2.24) is 14.9 Å². The molecule has 1 aliphatic heterocycles. The highest BCUT2D eigenvalue weighted by Crippen LogP contribution is 2.25. The summed E-state index contributed by atoms with van der Waals surface area (Å²) in [6, 6.07) is 0. The number of anilines is 1. The molecule has 0 bridgehead atoms. The van der Waals surface area contributed by atoms with Crippen molar-refractivity contribution in [1.29, 1.82) is 0 Å². The maximum atomic E-state index is 5.77. The molecule has 2 rings (SSSR count). The zero-order chi connectivity index (χ0) is 12.5. The monoisotopic (exact) mass is 236 g/mol. The van der Waals surface area contributed by atoms with Crippen LogP contribution in [0.2, 0.25) is 0 Å². The summed E-state index contributed by atoms with van der Waals surface area (Å²) >= 11 is 0. The van der Waals surface area contributed by atoms with E-state index in [9.17, 15) is 0 Å². The normalized spacial score (nSPS) is 22.6. The van der Waals surface area contributed by atoms with Gasteiger partial charge >= 0.3 is 0 Å². The molecule has 1 atom stereocenters. The second-order valence-corrected chi connectivity index (χ2v) is 5.35. The first kappa shape index (κ1) is 12.3. The standard InChI is InChI=1S/C12H20N4O/c1-12(2,3)16-4-5-17-10(8-16)9-6-14-11(13)15-7-9/h6-7,10H,4-5,8H2,1-3H3,(H2,13,14,15). The highest BCUT2D eigenvalue weighted by molar-refractivity contribution is 5.19. The zero-order valence-corrected chi connectivity index (χ0v) is 10.7. The van der Waals surface area contributed by atoms with Crippen LogP contribution in [0.1, 0.15) is 32.4 Å². The smallest absolute Gasteiger partial charge is 0.219 e. The van der Waals surface area contributed by atoms with Gasteiger partial charge in [0.1, 0.15) is 0 Å². The van der Waals surface area contributed by atoms with Gasteiger partial charge in [0.15, 0.2) is 0 Å². The van der Waals surface area contributed by atoms with Crippen molar-refractivity contribution < 1.29 is 4.74 Å². The summed E-state index contributed by atoms with van der Waals surface area (Å²) in [5, 5.41) is 0. The molecule has 1 aromatic heterocycles. The second-order valence-electron chi connectivity index (χ2n) is 5.35. The van der Waals surface area contributed by atoms with Gasteiger partial charge in [-0.25, -0.2) is 9.97 Å². The summed E-state index contributed by atoms with van der Waals surface area (Å²) in [5.41, 5.74) is 6.64. The third-order valence-corrected chi connectivity index (χ3v) is 3.08. The van der Waals surface area contributed by atoms with E-state index in [0.29, 0.717) is 5.95 Å². The number of nitrogens with zero attached hydrogens (tertiary/aromatic N) is 3. The van der Waals surface area contributed by atoms with Crippen LogP contribution in [0.25, 0.3) is 0 Å². The predicted molar refractivity (Wildman–Crippen MR) is 66.5 cm³/mol. The molecule has 0 amide bonds. The number of nitrogens with two attached hydrogens (primary N) is 1. The lowest BCUT2D eigenvalue weighted by Gasteiger charge is -2.41. The molecule has 1 unspecified atom stereocenters. The van der Waals surface area contributed by atoms with Crippen molar-refractivity contribution in [2.75, 3.05) is 25.4 Å². The van der Waals surface area contributed by atoms with E-state index in [4.69, 9.17) is 10.5 Å². The molecule has 0 spiro atoms. The van der Waals surface area contributed by atoms with E-state index >= 15 is 0 Å². The van der Waals surface area contributed by atoms with Gasteiger partial charge in [-0.3, -0.25) is 4.90 Å². The van der Waals surface area contributed by atoms with Gasteiger partial charge in [-0.15, -0.1) is 0 Å². The third-order valence-electron chi connectivity index (χ3n) is 3.08. The molecule has 1 aliphatic rings. The van der Waals surface area contributed by atoms with E-state index in [2.05, 4.69) is 35.6 Å². The fraction of sp³-hybridized carbons (Fsp3) is 0.667. The summed E-state index contributed by atoms with van der Waals surface area (Å²) < 4.78 is 5.77. The molecule has 0 aromatic carbocycles. The number of aromatic nitrogens is 2. The molecule has 94 valence electrons. The summed E-state index contributed by atoms with van der Waals surface area (Å²) in [7, 11) is 0. The summed E-state index contributed by atoms with van der Waals surface area (Å²) in [6.45, 7) is 9.23. The number of hydrogen-bond donors (Lipinski definition) is 1. The van der Waals surface area contributed by atoms with Gasteiger partial charge in [0, 0.05) is 36.6 Å². The van der Waals surface area contributed by atoms with Crippen LogP contribution in [0.5, 0.6) is 0 Å². The third kappa shape index (κ3) is 2.92. The molecule has 17 heavy (non-hydrogen) atoms. The number of morpholine rings is 1. The Morgan fingerprint density at radius 2 is 2.00 bits per heavy atom. The first-order valence-corrected chi connectivity index (χ1v) is 5.91. The lowest BCUT2D eigenvalue weighted by atomic mass is 10.0. The van der Waals surface area contributed by atoms with Gasteiger partial charge in [-0.2, -0.15) is 0 Å². The van der Waals surface area contributed by atoms with Crippen molar-refractivity contribution >= 4 is 5.95 Å². The Hall–Kier alpha value is -1.20. The van der Waals surface area contributed by atoms with Gasteiger partial charge in [-0.1, -0.05) is 0 Å². The van der Waals surface area contributed by atoms with Crippen molar-refractivity contribution in [3.05, 3.63) is 18.0 Å². The van der Waals surface area contributed by atoms with Crippen LogP contribution in [-0.4, -0.2) is 40.1 Å². The van der Waals surface area contributed by atoms with Crippen LogP contribution >= 0.6 is 0 Å². The topological polar surface area (TPSA) is 64.3 Å². The van der Waals surface area contributed by atoms with E-state index < -0.39 is 0 Å². The Labute approximate surface area is 102 Å². The molecular weight excluding hydrogens is 216 g/mol. The predicted octanol–water partition coefficient (Wildman–Crippen LogP) is 1.23. The molecule has 2 heterocycles. The second kappa shape index (κ2) is 4.58. The lowest BCUT2D eigenvalue weighted by molar-refractivity contribution is -0.0599. The number of nitrogen functional groups attached to an aromatic ring is 1. The first-order chi connectivity index (χ1) is 7.97. The van der Waals surface area contributed by atoms with Crippen LogP contribution < -0.4 is 5.73 Å². The van der Waals surface area contributed by atoms with E-state index in [-0.39, 0.29) is 11.6 Å². The molecular formula is C12H20N4O. The Kier molecular flexibility index (Phi) is 3.31. The minimum absolute atomic E-state index is 0.0450. The van der Waals surface area contributed by atoms with Gasteiger partial charge < -0.3 is 10.5 Å². The molecule has 5 nitrogen and oxygen atoms in total. The molecule has 2 N–H and O–H groups in total. The Morgan fingerprint density at radius 1 is 1.35 bits per heavy atom. The Bertz CT molecular complexity index is 371. The molecule has 1 aromatic rings. The first-order valence-electron chi connectivity index (χ1n) is 5.91. The number of hydrogen-bond acceptors (Lipinski definition) is 5. The number of rotatable bonds is 1. The van der Waals surface area contributed by atoms with Crippen LogP contribution in [0.15, 0.2) is 12.4 Å². The highest BCUT2D eigenvalue weighted by Gasteiger charge is 2.29. The maximum absolute atomic E-state index is 5.77. The fourth-order valence-electron chi connectivity index (χ4n) is 1.97. The summed E-state index contributed by atoms with van der Waals surface area (Å²) in [4.78, 5) is 10.4. The van der Waals surface area contributed by atoms with Gasteiger partial charge in [0.25, 0.3) is 0 Å². The number of ether oxygens (including phenoxy) is 1. The van der Waals surface area contributed by atoms with Crippen LogP contribution in [-0.2, 0) is 4.74 Å². The van der Waals surface area contributed by atoms with Crippen LogP contribution in [0, 0.1) is 0 Å². The van der Waals surface area contributed by atoms with Gasteiger partial charge in [0.05, 0.1) is 12.7 Å². The summed E-state index contributed by atoms with van der Waals surface area (Å²) in [6.07, 6.45) is 3.54. The minimum atomic E-state index is 0.0450. The largest absolute Gasteiger partial charge is 0.371 e. The quantitative estimate of drug-likeness (QED) is 0.794. The van der Waals surface area contributed by atoms with Crippen LogP contribution in [0.4, 0.5) is 5.95 Å². The van der Waals surface area contributed by atoms with E-state index in [1.165, 1.54) is 0 Å². The fourth-order valence-corrected chi connectivity index (χ4v) is 1.97. The molecule has 1 saturated heterocycles. The van der Waals surface area contributed by atoms with Crippen molar-refractivity contribution in [3.8, 4) is 0 Å². The molecule has 1 fully saturated rings. The zero-order valence-electron chi connectivity index (χ0n) is 10.7. The SMILES string of the molecule is CC(C)(C)N1CCOC(c2cnc(N)nc2)C1. The molecule has 0 radical (unpaired) electrons. The van der Waals surface area contributed by atoms with E-state index in [1.54, 1.807) is 12.4 Å². The average Bonchev–Trinajstić information content (AvgIpc) is 2.29. The lowest BCUT2D eigenvalue weighted by Crippen LogP contribution is -2.48. The van der Waals surface area contributed by atoms with Crippen molar-refractivity contribution in [2.24, 2.45) is 0 Å². The van der Waals surface area contributed by atoms with Gasteiger partial charge in [-0.05, 0) is 20.8 Å². The van der Waals surface area contributed by atoms with E-state index in [0.717, 1.165) is 25.3 Å². The molecule has 0 saturated carbocycles. The average molecular weight is 236 g/mol. The molecule has 0 aliphatic carbocycles. The van der Waals surface area contributed by atoms with E-state index in [1.807, 2.05) is 0 Å². The van der Waals surface area contributed by atoms with Crippen LogP contribution in [0.3, 0.4) is 0 Å². The van der Waals surface area contributed by atoms with Gasteiger partial charge in [0.2, 0.25) is 5.95 Å². The Balaban J connectivity index is 2.09. The Morgan fingerprint density at radius 3 is 2.59 bits per heavy atom. The highest BCUT2D eigenvalue weighted by atomic mass is 16.5. The summed E-state index contributed by atoms with van der Waals surface area (Å²) in [5.74, 6) is 0.303. The van der Waals surface area contributed by atoms with Crippen molar-refractivity contribution in [2.45, 2.75) is 32.4 Å². The van der Waals surface area contributed by atoms with Crippen molar-refractivity contribution in [3.63, 3.8) is 0 Å². The maximum Gasteiger partial charge on any atom is 0.219 e.